The molecule has 17 heavy (non-hydrogen) atoms. The SMILES string of the molecule is CC(C)C(N)C(=O)N(C)CCc1ccccn1. The Morgan fingerprint density at radius 2 is 2.18 bits per heavy atom. The number of nitrogens with two attached hydrogens (primary N) is 1. The van der Waals surface area contributed by atoms with Gasteiger partial charge in [0.05, 0.1) is 6.04 Å². The van der Waals surface area contributed by atoms with Crippen molar-refractivity contribution in [3.8, 4) is 0 Å². The van der Waals surface area contributed by atoms with Crippen LogP contribution in [0.2, 0.25) is 0 Å². The Hall–Kier alpha value is -1.42. The van der Waals surface area contributed by atoms with Crippen LogP contribution in [-0.4, -0.2) is 35.4 Å². The number of carbonyl (C=O) groups excluding carboxylic acids is 1. The molecule has 0 aromatic carbocycles. The molecule has 2 N–H and O–H groups in total. The lowest BCUT2D eigenvalue weighted by atomic mass is 10.0. The smallest absolute Gasteiger partial charge is 0.239 e. The number of pyridine rings is 1. The molecule has 0 saturated carbocycles. The molecular formula is C13H21N3O. The maximum Gasteiger partial charge on any atom is 0.239 e. The lowest BCUT2D eigenvalue weighted by Gasteiger charge is -2.23. The zero-order valence-corrected chi connectivity index (χ0v) is 10.8. The number of hydrogen-bond donors (Lipinski definition) is 1. The second-order valence-electron chi connectivity index (χ2n) is 4.60. The van der Waals surface area contributed by atoms with Crippen LogP contribution in [0.3, 0.4) is 0 Å². The summed E-state index contributed by atoms with van der Waals surface area (Å²) in [7, 11) is 1.79. The van der Waals surface area contributed by atoms with E-state index in [0.29, 0.717) is 6.54 Å². The van der Waals surface area contributed by atoms with Gasteiger partial charge in [-0.25, -0.2) is 0 Å². The Kier molecular flexibility index (Phi) is 5.10. The van der Waals surface area contributed by atoms with Crippen molar-refractivity contribution in [3.63, 3.8) is 0 Å². The zero-order chi connectivity index (χ0) is 12.8. The lowest BCUT2D eigenvalue weighted by Crippen LogP contribution is -2.45. The summed E-state index contributed by atoms with van der Waals surface area (Å²) in [6.07, 6.45) is 2.52. The van der Waals surface area contributed by atoms with Crippen LogP contribution < -0.4 is 5.73 Å². The van der Waals surface area contributed by atoms with E-state index in [1.807, 2.05) is 32.0 Å². The Morgan fingerprint density at radius 1 is 1.47 bits per heavy atom. The van der Waals surface area contributed by atoms with Gasteiger partial charge < -0.3 is 10.6 Å². The van der Waals surface area contributed by atoms with E-state index in [9.17, 15) is 4.79 Å². The molecule has 1 unspecified atom stereocenters. The number of amides is 1. The molecule has 0 radical (unpaired) electrons. The Balaban J connectivity index is 2.45. The van der Waals surface area contributed by atoms with E-state index in [4.69, 9.17) is 5.73 Å². The topological polar surface area (TPSA) is 59.2 Å². The van der Waals surface area contributed by atoms with Gasteiger partial charge in [0.1, 0.15) is 0 Å². The van der Waals surface area contributed by atoms with Crippen LogP contribution in [-0.2, 0) is 11.2 Å². The summed E-state index contributed by atoms with van der Waals surface area (Å²) < 4.78 is 0. The van der Waals surface area contributed by atoms with Crippen LogP contribution in [0.15, 0.2) is 24.4 Å². The minimum Gasteiger partial charge on any atom is -0.344 e. The quantitative estimate of drug-likeness (QED) is 0.830. The van der Waals surface area contributed by atoms with Gasteiger partial charge >= 0.3 is 0 Å². The minimum absolute atomic E-state index is 0.00377. The van der Waals surface area contributed by atoms with Gasteiger partial charge in [-0.15, -0.1) is 0 Å². The second-order valence-corrected chi connectivity index (χ2v) is 4.60. The van der Waals surface area contributed by atoms with Crippen LogP contribution in [0.25, 0.3) is 0 Å². The highest BCUT2D eigenvalue weighted by atomic mass is 16.2. The minimum atomic E-state index is -0.413. The molecule has 0 spiro atoms. The van der Waals surface area contributed by atoms with Crippen LogP contribution in [0.1, 0.15) is 19.5 Å². The molecule has 94 valence electrons. The maximum absolute atomic E-state index is 11.9. The summed E-state index contributed by atoms with van der Waals surface area (Å²) >= 11 is 0. The van der Waals surface area contributed by atoms with Gasteiger partial charge in [0, 0.05) is 31.9 Å². The van der Waals surface area contributed by atoms with Gasteiger partial charge in [-0.1, -0.05) is 19.9 Å². The average molecular weight is 235 g/mol. The summed E-state index contributed by atoms with van der Waals surface area (Å²) in [5.41, 5.74) is 6.81. The van der Waals surface area contributed by atoms with E-state index < -0.39 is 6.04 Å². The van der Waals surface area contributed by atoms with E-state index in [-0.39, 0.29) is 11.8 Å². The van der Waals surface area contributed by atoms with Crippen LogP contribution in [0.4, 0.5) is 0 Å². The van der Waals surface area contributed by atoms with Crippen molar-refractivity contribution < 1.29 is 4.79 Å². The largest absolute Gasteiger partial charge is 0.344 e. The highest BCUT2D eigenvalue weighted by Crippen LogP contribution is 2.03. The second kappa shape index (κ2) is 6.35. The van der Waals surface area contributed by atoms with Crippen molar-refractivity contribution in [2.45, 2.75) is 26.3 Å². The normalized spacial score (nSPS) is 12.5. The maximum atomic E-state index is 11.9. The molecule has 0 aliphatic rings. The molecule has 0 aliphatic carbocycles. The van der Waals surface area contributed by atoms with Gasteiger partial charge in [-0.05, 0) is 18.1 Å². The third-order valence-electron chi connectivity index (χ3n) is 2.81. The molecule has 0 bridgehead atoms. The van der Waals surface area contributed by atoms with Gasteiger partial charge in [0.25, 0.3) is 0 Å². The number of aromatic nitrogens is 1. The first-order valence-electron chi connectivity index (χ1n) is 5.93. The Bertz CT molecular complexity index is 351. The molecule has 0 aliphatic heterocycles. The first-order valence-corrected chi connectivity index (χ1v) is 5.93. The van der Waals surface area contributed by atoms with Gasteiger partial charge in [-0.3, -0.25) is 9.78 Å². The number of likely N-dealkylation sites (N-methyl/N-ethyl adjacent to an activating group) is 1. The predicted molar refractivity (Wildman–Crippen MR) is 68.4 cm³/mol. The third-order valence-corrected chi connectivity index (χ3v) is 2.81. The van der Waals surface area contributed by atoms with Gasteiger partial charge in [-0.2, -0.15) is 0 Å². The van der Waals surface area contributed by atoms with E-state index in [1.165, 1.54) is 0 Å². The molecule has 1 aromatic heterocycles. The van der Waals surface area contributed by atoms with Crippen molar-refractivity contribution >= 4 is 5.91 Å². The molecule has 0 saturated heterocycles. The fraction of sp³-hybridized carbons (Fsp3) is 0.538. The van der Waals surface area contributed by atoms with Crippen LogP contribution >= 0.6 is 0 Å². The van der Waals surface area contributed by atoms with Crippen molar-refractivity contribution in [2.24, 2.45) is 11.7 Å². The molecule has 4 nitrogen and oxygen atoms in total. The third kappa shape index (κ3) is 4.15. The molecule has 4 heteroatoms. The molecule has 1 heterocycles. The van der Waals surface area contributed by atoms with E-state index in [2.05, 4.69) is 4.98 Å². The fourth-order valence-electron chi connectivity index (χ4n) is 1.48. The van der Waals surface area contributed by atoms with Gasteiger partial charge in [0.2, 0.25) is 5.91 Å². The van der Waals surface area contributed by atoms with Crippen LogP contribution in [0.5, 0.6) is 0 Å². The molecular weight excluding hydrogens is 214 g/mol. The fourth-order valence-corrected chi connectivity index (χ4v) is 1.48. The Morgan fingerprint density at radius 3 is 2.71 bits per heavy atom. The average Bonchev–Trinajstić information content (AvgIpc) is 2.35. The number of nitrogens with zero attached hydrogens (tertiary/aromatic N) is 2. The first kappa shape index (κ1) is 13.6. The monoisotopic (exact) mass is 235 g/mol. The number of hydrogen-bond acceptors (Lipinski definition) is 3. The van der Waals surface area contributed by atoms with Crippen molar-refractivity contribution in [1.29, 1.82) is 0 Å². The Labute approximate surface area is 103 Å². The molecule has 1 amide bonds. The van der Waals surface area contributed by atoms with E-state index >= 15 is 0 Å². The molecule has 1 rings (SSSR count). The van der Waals surface area contributed by atoms with Crippen LogP contribution in [0, 0.1) is 5.92 Å². The lowest BCUT2D eigenvalue weighted by molar-refractivity contribution is -0.132. The molecule has 1 atom stereocenters. The van der Waals surface area contributed by atoms with E-state index in [1.54, 1.807) is 18.1 Å². The summed E-state index contributed by atoms with van der Waals surface area (Å²) in [4.78, 5) is 17.8. The molecule has 0 fully saturated rings. The first-order chi connectivity index (χ1) is 8.02. The van der Waals surface area contributed by atoms with Crippen molar-refractivity contribution in [1.82, 2.24) is 9.88 Å². The number of carbonyl (C=O) groups is 1. The predicted octanol–water partition coefficient (Wildman–Crippen LogP) is 1.07. The molecule has 1 aromatic rings. The van der Waals surface area contributed by atoms with Crippen molar-refractivity contribution in [3.05, 3.63) is 30.1 Å². The highest BCUT2D eigenvalue weighted by Gasteiger charge is 2.20. The van der Waals surface area contributed by atoms with Crippen molar-refractivity contribution in [2.75, 3.05) is 13.6 Å². The summed E-state index contributed by atoms with van der Waals surface area (Å²) in [5.74, 6) is 0.163. The number of rotatable bonds is 5. The van der Waals surface area contributed by atoms with Gasteiger partial charge in [0.15, 0.2) is 0 Å². The zero-order valence-electron chi connectivity index (χ0n) is 10.8. The standard InChI is InChI=1S/C13H21N3O/c1-10(2)12(14)13(17)16(3)9-7-11-6-4-5-8-15-11/h4-6,8,10,12H,7,9,14H2,1-3H3. The summed E-state index contributed by atoms with van der Waals surface area (Å²) in [5, 5.41) is 0. The summed E-state index contributed by atoms with van der Waals surface area (Å²) in [6.45, 7) is 4.56. The van der Waals surface area contributed by atoms with E-state index in [0.717, 1.165) is 12.1 Å². The highest BCUT2D eigenvalue weighted by molar-refractivity contribution is 5.81. The summed E-state index contributed by atoms with van der Waals surface area (Å²) in [6, 6.07) is 5.38.